The van der Waals surface area contributed by atoms with Crippen LogP contribution in [-0.2, 0) is 6.54 Å². The smallest absolute Gasteiger partial charge is 0.302 e. The Hall–Kier alpha value is -3.72. The van der Waals surface area contributed by atoms with Gasteiger partial charge in [0, 0.05) is 11.3 Å². The molecule has 0 spiro atoms. The summed E-state index contributed by atoms with van der Waals surface area (Å²) < 4.78 is 17.0. The average Bonchev–Trinajstić information content (AvgIpc) is 3.65. The van der Waals surface area contributed by atoms with Crippen LogP contribution in [0.3, 0.4) is 0 Å². The standard InChI is InChI=1S/C29H31N3O5S/c1-3-26-27(20-13-14-23(35-2)25(17-20)37-22-10-4-5-11-22)31-32(29(34)38-26)18-19-8-6-9-21(16-19)30-28(33)24-12-7-15-36-24/h6-9,12-17,22,26H,3-5,10-11,18H2,1-2H3,(H,30,33). The van der Waals surface area contributed by atoms with Gasteiger partial charge in [0.2, 0.25) is 0 Å². The summed E-state index contributed by atoms with van der Waals surface area (Å²) in [4.78, 5) is 25.4. The summed E-state index contributed by atoms with van der Waals surface area (Å²) >= 11 is 1.28. The van der Waals surface area contributed by atoms with E-state index in [-0.39, 0.29) is 34.8 Å². The van der Waals surface area contributed by atoms with Gasteiger partial charge < -0.3 is 19.2 Å². The summed E-state index contributed by atoms with van der Waals surface area (Å²) in [6.45, 7) is 2.33. The van der Waals surface area contributed by atoms with Crippen molar-refractivity contribution in [2.24, 2.45) is 5.10 Å². The van der Waals surface area contributed by atoms with Gasteiger partial charge >= 0.3 is 5.24 Å². The van der Waals surface area contributed by atoms with Gasteiger partial charge in [-0.05, 0) is 80.1 Å². The molecule has 2 aliphatic rings. The van der Waals surface area contributed by atoms with E-state index in [1.807, 2.05) is 36.4 Å². The number of carbonyl (C=O) groups excluding carboxylic acids is 2. The first-order valence-electron chi connectivity index (χ1n) is 12.9. The Morgan fingerprint density at radius 1 is 1.13 bits per heavy atom. The van der Waals surface area contributed by atoms with Gasteiger partial charge in [0.05, 0.1) is 37.0 Å². The van der Waals surface area contributed by atoms with Crippen LogP contribution in [0, 0.1) is 0 Å². The number of nitrogens with zero attached hydrogens (tertiary/aromatic N) is 2. The van der Waals surface area contributed by atoms with Crippen molar-refractivity contribution < 1.29 is 23.5 Å². The number of thioether (sulfide) groups is 1. The topological polar surface area (TPSA) is 93.4 Å². The highest BCUT2D eigenvalue weighted by molar-refractivity contribution is 8.14. The zero-order chi connectivity index (χ0) is 26.5. The van der Waals surface area contributed by atoms with Crippen molar-refractivity contribution in [3.63, 3.8) is 0 Å². The number of methoxy groups -OCH3 is 1. The molecule has 1 saturated carbocycles. The van der Waals surface area contributed by atoms with Crippen molar-refractivity contribution in [2.75, 3.05) is 12.4 Å². The summed E-state index contributed by atoms with van der Waals surface area (Å²) in [5, 5.41) is 8.96. The molecular formula is C29H31N3O5S. The molecule has 0 bridgehead atoms. The lowest BCUT2D eigenvalue weighted by Crippen LogP contribution is -2.34. The minimum atomic E-state index is -0.335. The first kappa shape index (κ1) is 25.9. The SMILES string of the molecule is CCC1SC(=O)N(Cc2cccc(NC(=O)c3ccco3)c2)N=C1c1ccc(OC)c(OC2CCCC2)c1. The van der Waals surface area contributed by atoms with Crippen molar-refractivity contribution >= 4 is 34.3 Å². The predicted octanol–water partition coefficient (Wildman–Crippen LogP) is 6.71. The van der Waals surface area contributed by atoms with Crippen LogP contribution in [0.2, 0.25) is 0 Å². The van der Waals surface area contributed by atoms with Crippen LogP contribution in [0.4, 0.5) is 10.5 Å². The van der Waals surface area contributed by atoms with Gasteiger partial charge in [0.15, 0.2) is 17.3 Å². The normalized spacial score (nSPS) is 17.8. The number of benzene rings is 2. The maximum Gasteiger partial charge on any atom is 0.302 e. The molecule has 38 heavy (non-hydrogen) atoms. The van der Waals surface area contributed by atoms with Gasteiger partial charge in [0.25, 0.3) is 5.91 Å². The third-order valence-corrected chi connectivity index (χ3v) is 7.93. The number of hydrazone groups is 1. The Balaban J connectivity index is 1.38. The molecule has 1 aliphatic heterocycles. The molecule has 1 fully saturated rings. The Morgan fingerprint density at radius 2 is 1.97 bits per heavy atom. The molecule has 8 nitrogen and oxygen atoms in total. The maximum atomic E-state index is 13.0. The summed E-state index contributed by atoms with van der Waals surface area (Å²) in [6, 6.07) is 16.5. The minimum Gasteiger partial charge on any atom is -0.493 e. The molecule has 0 radical (unpaired) electrons. The number of anilines is 1. The molecule has 2 aromatic carbocycles. The molecule has 1 aliphatic carbocycles. The van der Waals surface area contributed by atoms with Gasteiger partial charge in [-0.3, -0.25) is 9.59 Å². The number of nitrogens with one attached hydrogen (secondary N) is 1. The number of ether oxygens (including phenoxy) is 2. The lowest BCUT2D eigenvalue weighted by Gasteiger charge is -2.29. The molecule has 2 heterocycles. The second-order valence-electron chi connectivity index (χ2n) is 9.35. The molecule has 198 valence electrons. The van der Waals surface area contributed by atoms with Crippen molar-refractivity contribution in [2.45, 2.75) is 56.9 Å². The van der Waals surface area contributed by atoms with Crippen LogP contribution in [0.25, 0.3) is 0 Å². The number of carbonyl (C=O) groups is 2. The van der Waals surface area contributed by atoms with Gasteiger partial charge in [-0.15, -0.1) is 0 Å². The molecule has 1 atom stereocenters. The summed E-state index contributed by atoms with van der Waals surface area (Å²) in [7, 11) is 1.64. The van der Waals surface area contributed by atoms with E-state index in [1.54, 1.807) is 25.3 Å². The minimum absolute atomic E-state index is 0.0645. The largest absolute Gasteiger partial charge is 0.493 e. The van der Waals surface area contributed by atoms with Crippen molar-refractivity contribution in [1.29, 1.82) is 0 Å². The molecule has 1 N–H and O–H groups in total. The van der Waals surface area contributed by atoms with E-state index in [1.165, 1.54) is 35.9 Å². The Morgan fingerprint density at radius 3 is 2.71 bits per heavy atom. The van der Waals surface area contributed by atoms with Gasteiger partial charge in [-0.1, -0.05) is 30.8 Å². The quantitative estimate of drug-likeness (QED) is 0.328. The Labute approximate surface area is 226 Å². The van der Waals surface area contributed by atoms with Crippen LogP contribution < -0.4 is 14.8 Å². The highest BCUT2D eigenvalue weighted by Gasteiger charge is 2.31. The maximum absolute atomic E-state index is 13.0. The predicted molar refractivity (Wildman–Crippen MR) is 148 cm³/mol. The second-order valence-corrected chi connectivity index (χ2v) is 10.5. The average molecular weight is 534 g/mol. The Bertz CT molecular complexity index is 1320. The lowest BCUT2D eigenvalue weighted by molar-refractivity contribution is 0.0996. The van der Waals surface area contributed by atoms with E-state index in [0.717, 1.165) is 36.1 Å². The molecule has 1 aromatic heterocycles. The van der Waals surface area contributed by atoms with Crippen LogP contribution in [0.5, 0.6) is 11.5 Å². The highest BCUT2D eigenvalue weighted by atomic mass is 32.2. The zero-order valence-electron chi connectivity index (χ0n) is 21.5. The van der Waals surface area contributed by atoms with E-state index in [2.05, 4.69) is 12.2 Å². The third kappa shape index (κ3) is 5.88. The number of furan rings is 1. The fraction of sp³-hybridized carbons (Fsp3) is 0.345. The van der Waals surface area contributed by atoms with Crippen LogP contribution in [0.1, 0.15) is 60.7 Å². The molecule has 0 saturated heterocycles. The molecule has 5 rings (SSSR count). The molecule has 3 aromatic rings. The fourth-order valence-electron chi connectivity index (χ4n) is 4.73. The molecule has 1 unspecified atom stereocenters. The van der Waals surface area contributed by atoms with Crippen LogP contribution in [0.15, 0.2) is 70.4 Å². The van der Waals surface area contributed by atoms with E-state index in [0.29, 0.717) is 17.2 Å². The van der Waals surface area contributed by atoms with Crippen molar-refractivity contribution in [3.8, 4) is 11.5 Å². The van der Waals surface area contributed by atoms with Gasteiger partial charge in [-0.2, -0.15) is 5.10 Å². The van der Waals surface area contributed by atoms with Gasteiger partial charge in [0.1, 0.15) is 0 Å². The number of hydrogen-bond donors (Lipinski definition) is 1. The Kier molecular flexibility index (Phi) is 8.03. The fourth-order valence-corrected chi connectivity index (χ4v) is 5.66. The molecule has 9 heteroatoms. The van der Waals surface area contributed by atoms with Crippen molar-refractivity contribution in [1.82, 2.24) is 5.01 Å². The number of amides is 2. The summed E-state index contributed by atoms with van der Waals surface area (Å²) in [5.74, 6) is 1.30. The summed E-state index contributed by atoms with van der Waals surface area (Å²) in [6.07, 6.45) is 6.87. The van der Waals surface area contributed by atoms with E-state index in [4.69, 9.17) is 19.0 Å². The monoisotopic (exact) mass is 533 g/mol. The number of hydrogen-bond acceptors (Lipinski definition) is 7. The number of rotatable bonds is 9. The van der Waals surface area contributed by atoms with E-state index >= 15 is 0 Å². The summed E-state index contributed by atoms with van der Waals surface area (Å²) in [5.41, 5.74) is 3.20. The van der Waals surface area contributed by atoms with Crippen molar-refractivity contribution in [3.05, 3.63) is 77.7 Å². The van der Waals surface area contributed by atoms with E-state index < -0.39 is 0 Å². The lowest BCUT2D eigenvalue weighted by atomic mass is 10.0. The molecule has 2 amide bonds. The van der Waals surface area contributed by atoms with Crippen LogP contribution in [-0.4, -0.2) is 40.3 Å². The first-order chi connectivity index (χ1) is 18.5. The van der Waals surface area contributed by atoms with Crippen LogP contribution >= 0.6 is 11.8 Å². The van der Waals surface area contributed by atoms with E-state index in [9.17, 15) is 9.59 Å². The second kappa shape index (κ2) is 11.8. The molecular weight excluding hydrogens is 502 g/mol. The zero-order valence-corrected chi connectivity index (χ0v) is 22.3. The first-order valence-corrected chi connectivity index (χ1v) is 13.8. The third-order valence-electron chi connectivity index (χ3n) is 6.68. The van der Waals surface area contributed by atoms with Gasteiger partial charge in [-0.25, -0.2) is 5.01 Å². The highest BCUT2D eigenvalue weighted by Crippen LogP contribution is 2.36.